The molecular weight excluding hydrogens is 425 g/mol. The number of carbonyl (C=O) groups is 2. The highest BCUT2D eigenvalue weighted by Crippen LogP contribution is 2.32. The number of benzene rings is 3. The molecule has 4 rings (SSSR count). The summed E-state index contributed by atoms with van der Waals surface area (Å²) < 4.78 is 46.4. The lowest BCUT2D eigenvalue weighted by Gasteiger charge is -2.10. The zero-order valence-electron chi connectivity index (χ0n) is 16.3. The Balaban J connectivity index is 1.60. The maximum Gasteiger partial charge on any atom is 0.573 e. The summed E-state index contributed by atoms with van der Waals surface area (Å²) in [6.07, 6.45) is -4.81. The van der Waals surface area contributed by atoms with Gasteiger partial charge in [-0.25, -0.2) is 0 Å². The molecule has 0 spiro atoms. The van der Waals surface area contributed by atoms with Crippen LogP contribution >= 0.6 is 0 Å². The molecule has 4 aromatic rings. The van der Waals surface area contributed by atoms with E-state index < -0.39 is 23.9 Å². The van der Waals surface area contributed by atoms with Gasteiger partial charge in [0, 0.05) is 16.6 Å². The summed E-state index contributed by atoms with van der Waals surface area (Å²) in [4.78, 5) is 25.5. The third kappa shape index (κ3) is 4.72. The number of nitrogens with one attached hydrogen (secondary N) is 2. The van der Waals surface area contributed by atoms with Crippen molar-refractivity contribution in [3.8, 4) is 5.75 Å². The predicted molar refractivity (Wildman–Crippen MR) is 112 cm³/mol. The fraction of sp³-hybridized carbons (Fsp3) is 0.0435. The molecule has 0 saturated heterocycles. The maximum atomic E-state index is 12.9. The molecule has 0 aliphatic carbocycles. The number of amides is 2. The Hall–Kier alpha value is -4.27. The number of alkyl halides is 3. The number of halogens is 3. The van der Waals surface area contributed by atoms with Crippen LogP contribution < -0.4 is 15.4 Å². The number of anilines is 2. The van der Waals surface area contributed by atoms with Crippen LogP contribution in [0.4, 0.5) is 24.5 Å². The van der Waals surface area contributed by atoms with E-state index in [-0.39, 0.29) is 17.1 Å². The first kappa shape index (κ1) is 21.0. The number of hydrogen-bond donors (Lipinski definition) is 2. The highest BCUT2D eigenvalue weighted by molar-refractivity contribution is 6.16. The summed E-state index contributed by atoms with van der Waals surface area (Å²) in [7, 11) is 0. The summed E-state index contributed by atoms with van der Waals surface area (Å²) in [5, 5.41) is 5.78. The van der Waals surface area contributed by atoms with Gasteiger partial charge < -0.3 is 19.8 Å². The molecule has 32 heavy (non-hydrogen) atoms. The van der Waals surface area contributed by atoms with Gasteiger partial charge in [0.1, 0.15) is 17.0 Å². The molecule has 0 fully saturated rings. The van der Waals surface area contributed by atoms with E-state index in [1.54, 1.807) is 54.6 Å². The highest BCUT2D eigenvalue weighted by atomic mass is 19.4. The molecule has 3 aromatic carbocycles. The largest absolute Gasteiger partial charge is 0.573 e. The van der Waals surface area contributed by atoms with Crippen LogP contribution in [-0.2, 0) is 0 Å². The van der Waals surface area contributed by atoms with Crippen LogP contribution in [0, 0.1) is 0 Å². The van der Waals surface area contributed by atoms with Crippen LogP contribution in [0.2, 0.25) is 0 Å². The second-order valence-electron chi connectivity index (χ2n) is 6.65. The first-order valence-electron chi connectivity index (χ1n) is 9.35. The van der Waals surface area contributed by atoms with Crippen LogP contribution in [0.25, 0.3) is 11.0 Å². The van der Waals surface area contributed by atoms with Crippen LogP contribution in [0.5, 0.6) is 5.75 Å². The van der Waals surface area contributed by atoms with Crippen molar-refractivity contribution in [3.05, 3.63) is 90.2 Å². The van der Waals surface area contributed by atoms with Gasteiger partial charge in [-0.1, -0.05) is 30.3 Å². The van der Waals surface area contributed by atoms with E-state index in [0.717, 1.165) is 12.1 Å². The molecule has 2 amide bonds. The Kier molecular flexibility index (Phi) is 5.55. The molecule has 0 aliphatic heterocycles. The van der Waals surface area contributed by atoms with E-state index in [0.29, 0.717) is 16.5 Å². The van der Waals surface area contributed by atoms with E-state index in [9.17, 15) is 22.8 Å². The molecule has 0 radical (unpaired) electrons. The summed E-state index contributed by atoms with van der Waals surface area (Å²) >= 11 is 0. The van der Waals surface area contributed by atoms with Crippen molar-refractivity contribution in [1.29, 1.82) is 0 Å². The summed E-state index contributed by atoms with van der Waals surface area (Å²) in [5.74, 6) is -1.69. The minimum atomic E-state index is -4.81. The molecule has 0 aliphatic rings. The van der Waals surface area contributed by atoms with E-state index in [1.807, 2.05) is 0 Å². The maximum absolute atomic E-state index is 12.9. The zero-order chi connectivity index (χ0) is 22.7. The lowest BCUT2D eigenvalue weighted by Crippen LogP contribution is -2.18. The monoisotopic (exact) mass is 440 g/mol. The van der Waals surface area contributed by atoms with Crippen molar-refractivity contribution < 1.29 is 31.9 Å². The first-order valence-corrected chi connectivity index (χ1v) is 9.35. The van der Waals surface area contributed by atoms with Crippen LogP contribution in [0.15, 0.2) is 83.3 Å². The Morgan fingerprint density at radius 3 is 2.12 bits per heavy atom. The number of para-hydroxylation sites is 1. The van der Waals surface area contributed by atoms with Gasteiger partial charge in [0.2, 0.25) is 5.76 Å². The molecule has 6 nitrogen and oxygen atoms in total. The number of carbonyl (C=O) groups excluding carboxylic acids is 2. The summed E-state index contributed by atoms with van der Waals surface area (Å²) in [5.41, 5.74) is 1.17. The first-order chi connectivity index (χ1) is 15.3. The number of rotatable bonds is 5. The van der Waals surface area contributed by atoms with Gasteiger partial charge in [0.05, 0.1) is 0 Å². The molecule has 1 aromatic heterocycles. The predicted octanol–water partition coefficient (Wildman–Crippen LogP) is 5.84. The molecule has 162 valence electrons. The molecule has 1 heterocycles. The van der Waals surface area contributed by atoms with Gasteiger partial charge >= 0.3 is 6.36 Å². The van der Waals surface area contributed by atoms with Crippen molar-refractivity contribution in [3.63, 3.8) is 0 Å². The van der Waals surface area contributed by atoms with Crippen LogP contribution in [0.3, 0.4) is 0 Å². The van der Waals surface area contributed by atoms with E-state index in [4.69, 9.17) is 4.42 Å². The van der Waals surface area contributed by atoms with Gasteiger partial charge in [-0.05, 0) is 48.5 Å². The van der Waals surface area contributed by atoms with Gasteiger partial charge in [-0.2, -0.15) is 0 Å². The second kappa shape index (κ2) is 8.46. The van der Waals surface area contributed by atoms with Crippen molar-refractivity contribution >= 4 is 34.2 Å². The topological polar surface area (TPSA) is 80.6 Å². The third-order valence-electron chi connectivity index (χ3n) is 4.42. The highest BCUT2D eigenvalue weighted by Gasteiger charge is 2.31. The Bertz CT molecular complexity index is 1270. The number of ether oxygens (including phenoxy) is 1. The molecule has 2 N–H and O–H groups in total. The van der Waals surface area contributed by atoms with Crippen LogP contribution in [-0.4, -0.2) is 18.2 Å². The SMILES string of the molecule is O=C(Nc1c(C(=O)Nc2ccc(OC(F)(F)F)cc2)oc2ccccc12)c1ccccc1. The second-order valence-corrected chi connectivity index (χ2v) is 6.65. The Morgan fingerprint density at radius 2 is 1.44 bits per heavy atom. The average Bonchev–Trinajstić information content (AvgIpc) is 3.13. The smallest absolute Gasteiger partial charge is 0.449 e. The lowest BCUT2D eigenvalue weighted by atomic mass is 10.1. The minimum Gasteiger partial charge on any atom is -0.449 e. The summed E-state index contributed by atoms with van der Waals surface area (Å²) in [6, 6.07) is 19.9. The Morgan fingerprint density at radius 1 is 0.781 bits per heavy atom. The summed E-state index contributed by atoms with van der Waals surface area (Å²) in [6.45, 7) is 0. The van der Waals surface area contributed by atoms with Gasteiger partial charge in [-0.15, -0.1) is 13.2 Å². The fourth-order valence-corrected chi connectivity index (χ4v) is 3.03. The van der Waals surface area contributed by atoms with Gasteiger partial charge in [-0.3, -0.25) is 9.59 Å². The van der Waals surface area contributed by atoms with Gasteiger partial charge in [0.25, 0.3) is 11.8 Å². The van der Waals surface area contributed by atoms with E-state index >= 15 is 0 Å². The number of hydrogen-bond acceptors (Lipinski definition) is 4. The van der Waals surface area contributed by atoms with Crippen LogP contribution in [0.1, 0.15) is 20.9 Å². The number of fused-ring (bicyclic) bond motifs is 1. The molecule has 0 unspecified atom stereocenters. The molecule has 0 bridgehead atoms. The number of furan rings is 1. The van der Waals surface area contributed by atoms with E-state index in [1.165, 1.54) is 12.1 Å². The molecule has 0 atom stereocenters. The molecular formula is C23H15F3N2O4. The zero-order valence-corrected chi connectivity index (χ0v) is 16.3. The standard InChI is InChI=1S/C23H15F3N2O4/c24-23(25,26)32-16-12-10-15(11-13-16)27-22(30)20-19(17-8-4-5-9-18(17)31-20)28-21(29)14-6-2-1-3-7-14/h1-13H,(H,27,30)(H,28,29). The third-order valence-corrected chi connectivity index (χ3v) is 4.42. The van der Waals surface area contributed by atoms with E-state index in [2.05, 4.69) is 15.4 Å². The molecule has 0 saturated carbocycles. The molecule has 9 heteroatoms. The minimum absolute atomic E-state index is 0.147. The van der Waals surface area contributed by atoms with Crippen molar-refractivity contribution in [2.45, 2.75) is 6.36 Å². The quantitative estimate of drug-likeness (QED) is 0.409. The van der Waals surface area contributed by atoms with Gasteiger partial charge in [0.15, 0.2) is 0 Å². The Labute approximate surface area is 179 Å². The fourth-order valence-electron chi connectivity index (χ4n) is 3.03. The van der Waals surface area contributed by atoms with Crippen molar-refractivity contribution in [1.82, 2.24) is 0 Å². The van der Waals surface area contributed by atoms with Crippen molar-refractivity contribution in [2.75, 3.05) is 10.6 Å². The lowest BCUT2D eigenvalue weighted by molar-refractivity contribution is -0.274. The van der Waals surface area contributed by atoms with Crippen molar-refractivity contribution in [2.24, 2.45) is 0 Å². The normalized spacial score (nSPS) is 11.2. The average molecular weight is 440 g/mol.